The second-order valence-electron chi connectivity index (χ2n) is 3.81. The van der Waals surface area contributed by atoms with Gasteiger partial charge in [0, 0.05) is 17.3 Å². The molecule has 0 N–H and O–H groups in total. The van der Waals surface area contributed by atoms with Gasteiger partial charge in [-0.05, 0) is 29.5 Å². The number of benzene rings is 2. The summed E-state index contributed by atoms with van der Waals surface area (Å²) in [4.78, 5) is 13.7. The van der Waals surface area contributed by atoms with Gasteiger partial charge in [-0.15, -0.1) is 0 Å². The molecule has 20 heavy (non-hydrogen) atoms. The first-order valence-corrected chi connectivity index (χ1v) is 5.80. The van der Waals surface area contributed by atoms with Crippen molar-refractivity contribution in [1.29, 1.82) is 0 Å². The van der Waals surface area contributed by atoms with Crippen LogP contribution in [0.25, 0.3) is 0 Å². The molecule has 0 aliphatic heterocycles. The minimum absolute atomic E-state index is 0.0227. The third kappa shape index (κ3) is 2.92. The fraction of sp³-hybridized carbons (Fsp3) is 0. The average molecular weight is 294 g/mol. The van der Waals surface area contributed by atoms with Crippen molar-refractivity contribution in [3.8, 4) is 5.75 Å². The van der Waals surface area contributed by atoms with Gasteiger partial charge in [0.2, 0.25) is 0 Å². The molecule has 102 valence electrons. The highest BCUT2D eigenvalue weighted by atomic mass is 35.5. The number of halogens is 2. The first-order valence-electron chi connectivity index (χ1n) is 5.42. The number of aliphatic imine (C=N–C) groups is 1. The van der Waals surface area contributed by atoms with E-state index in [0.717, 1.165) is 12.3 Å². The highest BCUT2D eigenvalue weighted by Crippen LogP contribution is 2.30. The Morgan fingerprint density at radius 2 is 2.00 bits per heavy atom. The van der Waals surface area contributed by atoms with Crippen LogP contribution >= 0.6 is 11.6 Å². The first-order chi connectivity index (χ1) is 9.49. The normalized spacial score (nSPS) is 10.9. The summed E-state index contributed by atoms with van der Waals surface area (Å²) in [6.45, 7) is 0. The van der Waals surface area contributed by atoms with Crippen molar-refractivity contribution in [1.82, 2.24) is 0 Å². The molecule has 0 aromatic heterocycles. The van der Waals surface area contributed by atoms with Crippen LogP contribution < -0.4 is 5.11 Å². The van der Waals surface area contributed by atoms with E-state index < -0.39 is 22.2 Å². The zero-order valence-electron chi connectivity index (χ0n) is 9.92. The third-order valence-electron chi connectivity index (χ3n) is 2.45. The molecule has 0 atom stereocenters. The molecular weight excluding hydrogens is 287 g/mol. The molecule has 0 bridgehead atoms. The minimum atomic E-state index is -0.825. The molecule has 0 aliphatic rings. The average Bonchev–Trinajstić information content (AvgIpc) is 2.40. The Balaban J connectivity index is 2.44. The van der Waals surface area contributed by atoms with Crippen molar-refractivity contribution < 1.29 is 14.4 Å². The zero-order valence-corrected chi connectivity index (χ0v) is 10.7. The quantitative estimate of drug-likeness (QED) is 0.495. The Labute approximate surface area is 118 Å². The second-order valence-corrected chi connectivity index (χ2v) is 4.25. The van der Waals surface area contributed by atoms with Crippen LogP contribution in [0.4, 0.5) is 15.8 Å². The predicted molar refractivity (Wildman–Crippen MR) is 71.2 cm³/mol. The summed E-state index contributed by atoms with van der Waals surface area (Å²) < 4.78 is 13.4. The van der Waals surface area contributed by atoms with E-state index in [0.29, 0.717) is 0 Å². The molecule has 0 heterocycles. The van der Waals surface area contributed by atoms with Crippen LogP contribution in [-0.2, 0) is 0 Å². The van der Waals surface area contributed by atoms with Crippen molar-refractivity contribution in [3.05, 3.63) is 62.9 Å². The topological polar surface area (TPSA) is 78.6 Å². The van der Waals surface area contributed by atoms with Gasteiger partial charge in [0.05, 0.1) is 10.6 Å². The Morgan fingerprint density at radius 1 is 1.30 bits per heavy atom. The maximum Gasteiger partial charge on any atom is 0.263 e. The molecular formula is C13H7ClFN2O3-. The summed E-state index contributed by atoms with van der Waals surface area (Å²) in [5.41, 5.74) is -0.700. The van der Waals surface area contributed by atoms with Crippen LogP contribution in [0.3, 0.4) is 0 Å². The van der Waals surface area contributed by atoms with E-state index in [9.17, 15) is 19.6 Å². The van der Waals surface area contributed by atoms with Crippen molar-refractivity contribution in [2.75, 3.05) is 0 Å². The van der Waals surface area contributed by atoms with Gasteiger partial charge < -0.3 is 5.11 Å². The number of nitro benzene ring substituents is 1. The van der Waals surface area contributed by atoms with Gasteiger partial charge in [-0.3, -0.25) is 15.1 Å². The highest BCUT2D eigenvalue weighted by molar-refractivity contribution is 6.31. The van der Waals surface area contributed by atoms with Gasteiger partial charge in [-0.25, -0.2) is 4.39 Å². The third-order valence-corrected chi connectivity index (χ3v) is 2.67. The lowest BCUT2D eigenvalue weighted by molar-refractivity contribution is -0.398. The van der Waals surface area contributed by atoms with Crippen LogP contribution in [0.2, 0.25) is 5.02 Å². The van der Waals surface area contributed by atoms with Gasteiger partial charge in [-0.1, -0.05) is 23.7 Å². The lowest BCUT2D eigenvalue weighted by atomic mass is 10.2. The number of nitrogens with zero attached hydrogens (tertiary/aromatic N) is 2. The van der Waals surface area contributed by atoms with E-state index >= 15 is 0 Å². The molecule has 0 aliphatic carbocycles. The molecule has 2 aromatic carbocycles. The lowest BCUT2D eigenvalue weighted by Crippen LogP contribution is -2.02. The summed E-state index contributed by atoms with van der Waals surface area (Å²) in [5.74, 6) is -1.38. The van der Waals surface area contributed by atoms with Gasteiger partial charge >= 0.3 is 0 Å². The Morgan fingerprint density at radius 3 is 2.65 bits per heavy atom. The maximum atomic E-state index is 13.4. The molecule has 0 saturated heterocycles. The van der Waals surface area contributed by atoms with E-state index in [1.54, 1.807) is 6.07 Å². The molecule has 0 unspecified atom stereocenters. The smallest absolute Gasteiger partial charge is 0.263 e. The fourth-order valence-corrected chi connectivity index (χ4v) is 1.75. The van der Waals surface area contributed by atoms with E-state index in [-0.39, 0.29) is 16.3 Å². The molecule has 5 nitrogen and oxygen atoms in total. The van der Waals surface area contributed by atoms with E-state index in [2.05, 4.69) is 4.99 Å². The molecule has 7 heteroatoms. The first kappa shape index (κ1) is 14.0. The van der Waals surface area contributed by atoms with E-state index in [1.165, 1.54) is 24.3 Å². The molecule has 0 saturated carbocycles. The van der Waals surface area contributed by atoms with Crippen molar-refractivity contribution in [3.63, 3.8) is 0 Å². The number of rotatable bonds is 3. The maximum absolute atomic E-state index is 13.4. The Kier molecular flexibility index (Phi) is 3.95. The highest BCUT2D eigenvalue weighted by Gasteiger charge is 2.11. The molecule has 2 aromatic rings. The number of hydrogen-bond donors (Lipinski definition) is 0. The largest absolute Gasteiger partial charge is 0.867 e. The van der Waals surface area contributed by atoms with Crippen LogP contribution in [-0.4, -0.2) is 11.1 Å². The Hall–Kier alpha value is -2.47. The van der Waals surface area contributed by atoms with Crippen LogP contribution in [0.5, 0.6) is 5.75 Å². The van der Waals surface area contributed by atoms with Crippen LogP contribution in [0.1, 0.15) is 5.56 Å². The summed E-state index contributed by atoms with van der Waals surface area (Å²) in [7, 11) is 0. The van der Waals surface area contributed by atoms with Crippen molar-refractivity contribution in [2.24, 2.45) is 4.99 Å². The standard InChI is InChI=1S/C13H8ClFN2O3/c14-9-5-8(13(18)12(6-9)17(19)20)7-16-11-4-2-1-3-10(11)15/h1-7,18H/p-1. The number of hydrogen-bond acceptors (Lipinski definition) is 4. The number of para-hydroxylation sites is 1. The van der Waals surface area contributed by atoms with E-state index in [1.807, 2.05) is 0 Å². The molecule has 0 amide bonds. The summed E-state index contributed by atoms with van der Waals surface area (Å²) in [5, 5.41) is 22.5. The lowest BCUT2D eigenvalue weighted by Gasteiger charge is -2.10. The molecule has 0 spiro atoms. The summed E-state index contributed by atoms with van der Waals surface area (Å²) >= 11 is 5.70. The number of nitro groups is 1. The monoisotopic (exact) mass is 293 g/mol. The molecule has 2 rings (SSSR count). The van der Waals surface area contributed by atoms with Crippen molar-refractivity contribution in [2.45, 2.75) is 0 Å². The SMILES string of the molecule is O=[N+]([O-])c1cc(Cl)cc(C=Nc2ccccc2F)c1[O-]. The zero-order chi connectivity index (χ0) is 14.7. The summed E-state index contributed by atoms with van der Waals surface area (Å²) in [6, 6.07) is 7.90. The van der Waals surface area contributed by atoms with Crippen LogP contribution in [0.15, 0.2) is 41.4 Å². The van der Waals surface area contributed by atoms with Gasteiger partial charge in [0.1, 0.15) is 5.82 Å². The van der Waals surface area contributed by atoms with Crippen LogP contribution in [0, 0.1) is 15.9 Å². The van der Waals surface area contributed by atoms with Crippen molar-refractivity contribution >= 4 is 29.2 Å². The molecule has 0 radical (unpaired) electrons. The Bertz CT molecular complexity index is 704. The fourth-order valence-electron chi connectivity index (χ4n) is 1.53. The van der Waals surface area contributed by atoms with Gasteiger partial charge in [-0.2, -0.15) is 0 Å². The molecule has 0 fully saturated rings. The van der Waals surface area contributed by atoms with E-state index in [4.69, 9.17) is 11.6 Å². The van der Waals surface area contributed by atoms with Gasteiger partial charge in [0.25, 0.3) is 5.69 Å². The second kappa shape index (κ2) is 5.66. The minimum Gasteiger partial charge on any atom is -0.867 e. The summed E-state index contributed by atoms with van der Waals surface area (Å²) in [6.07, 6.45) is 1.06. The predicted octanol–water partition coefficient (Wildman–Crippen LogP) is 3.21. The van der Waals surface area contributed by atoms with Gasteiger partial charge in [0.15, 0.2) is 0 Å².